The van der Waals surface area contributed by atoms with Crippen LogP contribution in [0.4, 0.5) is 23.0 Å². The number of carbonyl (C=O) groups excluding carboxylic acids is 1. The third-order valence-corrected chi connectivity index (χ3v) is 7.67. The summed E-state index contributed by atoms with van der Waals surface area (Å²) in [6.45, 7) is 7.45. The highest BCUT2D eigenvalue weighted by atomic mass is 16.5. The van der Waals surface area contributed by atoms with Gasteiger partial charge in [0.05, 0.1) is 18.5 Å². The number of likely N-dealkylation sites (N-methyl/N-ethyl adjacent to an activating group) is 1. The fourth-order valence-corrected chi connectivity index (χ4v) is 5.25. The molecule has 210 valence electrons. The molecule has 2 aromatic heterocycles. The summed E-state index contributed by atoms with van der Waals surface area (Å²) in [7, 11) is 3.78. The van der Waals surface area contributed by atoms with Crippen molar-refractivity contribution in [2.45, 2.75) is 18.8 Å². The minimum absolute atomic E-state index is 0.189. The number of nitrogens with one attached hydrogen (secondary N) is 2. The Bertz CT molecular complexity index is 1690. The van der Waals surface area contributed by atoms with Crippen LogP contribution in [0.2, 0.25) is 0 Å². The van der Waals surface area contributed by atoms with Crippen molar-refractivity contribution in [2.24, 2.45) is 0 Å². The Kier molecular flexibility index (Phi) is 7.15. The van der Waals surface area contributed by atoms with Crippen molar-refractivity contribution in [1.29, 1.82) is 0 Å². The molecule has 2 N–H and O–H groups in total. The molecule has 10 nitrogen and oxygen atoms in total. The molecule has 4 aromatic rings. The van der Waals surface area contributed by atoms with Gasteiger partial charge in [0.15, 0.2) is 5.65 Å². The molecular formula is C31H33N7O3. The maximum absolute atomic E-state index is 13.5. The van der Waals surface area contributed by atoms with E-state index in [4.69, 9.17) is 9.72 Å². The highest BCUT2D eigenvalue weighted by molar-refractivity contribution is 5.99. The quantitative estimate of drug-likeness (QED) is 0.313. The van der Waals surface area contributed by atoms with Crippen LogP contribution in [0.25, 0.3) is 16.7 Å². The van der Waals surface area contributed by atoms with E-state index in [1.165, 1.54) is 6.08 Å². The summed E-state index contributed by atoms with van der Waals surface area (Å²) in [6, 6.07) is 14.9. The first-order valence-corrected chi connectivity index (χ1v) is 13.8. The molecule has 0 bridgehead atoms. The Hall–Kier alpha value is -4.70. The Balaban J connectivity index is 1.39. The van der Waals surface area contributed by atoms with Crippen molar-refractivity contribution in [2.75, 3.05) is 55.9 Å². The van der Waals surface area contributed by atoms with Crippen LogP contribution in [0.1, 0.15) is 24.3 Å². The number of ether oxygens (including phenoxy) is 1. The second-order valence-electron chi connectivity index (χ2n) is 10.5. The first-order valence-electron chi connectivity index (χ1n) is 13.8. The molecule has 1 aliphatic carbocycles. The van der Waals surface area contributed by atoms with E-state index in [-0.39, 0.29) is 11.5 Å². The minimum atomic E-state index is -0.329. The summed E-state index contributed by atoms with van der Waals surface area (Å²) in [5.74, 6) is 1.03. The lowest BCUT2D eigenvalue weighted by Gasteiger charge is -2.34. The van der Waals surface area contributed by atoms with Gasteiger partial charge in [-0.1, -0.05) is 12.6 Å². The van der Waals surface area contributed by atoms with E-state index >= 15 is 0 Å². The van der Waals surface area contributed by atoms with Gasteiger partial charge in [-0.2, -0.15) is 4.98 Å². The third-order valence-electron chi connectivity index (χ3n) is 7.67. The second-order valence-corrected chi connectivity index (χ2v) is 10.5. The average Bonchev–Trinajstić information content (AvgIpc) is 3.83. The van der Waals surface area contributed by atoms with Gasteiger partial charge < -0.3 is 25.2 Å². The van der Waals surface area contributed by atoms with Gasteiger partial charge in [0.1, 0.15) is 5.75 Å². The SMILES string of the molecule is C=CC(=O)Nc1cccc(-n2c(=O)cc(C3CC3)c3cnc(Nc4ccc(N5CCN(C)CC5)cc4OC)nc32)c1. The van der Waals surface area contributed by atoms with Crippen LogP contribution < -0.4 is 25.8 Å². The smallest absolute Gasteiger partial charge is 0.257 e. The standard InChI is InChI=1S/C31H33N7O3/c1-4-28(39)33-21-6-5-7-23(16-21)38-29(40)18-24(20-8-9-20)25-19-32-31(35-30(25)38)34-26-11-10-22(17-27(26)41-3)37-14-12-36(2)13-15-37/h4-7,10-11,16-20H,1,8-9,12-15H2,2-3H3,(H,33,39)(H,32,34,35). The molecule has 3 heterocycles. The number of fused-ring (bicyclic) bond motifs is 1. The van der Waals surface area contributed by atoms with E-state index in [0.717, 1.165) is 61.3 Å². The van der Waals surface area contributed by atoms with Gasteiger partial charge in [0, 0.05) is 61.3 Å². The van der Waals surface area contributed by atoms with Crippen LogP contribution in [-0.4, -0.2) is 65.7 Å². The number of methoxy groups -OCH3 is 1. The van der Waals surface area contributed by atoms with Gasteiger partial charge in [-0.25, -0.2) is 4.98 Å². The molecule has 0 spiro atoms. The summed E-state index contributed by atoms with van der Waals surface area (Å²) in [5.41, 5.74) is 4.25. The van der Waals surface area contributed by atoms with E-state index in [9.17, 15) is 9.59 Å². The maximum Gasteiger partial charge on any atom is 0.257 e. The fourth-order valence-electron chi connectivity index (χ4n) is 5.25. The van der Waals surface area contributed by atoms with E-state index in [1.807, 2.05) is 18.2 Å². The molecule has 2 aromatic carbocycles. The van der Waals surface area contributed by atoms with Crippen LogP contribution in [0.5, 0.6) is 5.75 Å². The molecule has 0 unspecified atom stereocenters. The normalized spacial score (nSPS) is 15.5. The van der Waals surface area contributed by atoms with E-state index in [1.54, 1.807) is 42.1 Å². The molecule has 1 saturated carbocycles. The number of hydrogen-bond acceptors (Lipinski definition) is 8. The van der Waals surface area contributed by atoms with Crippen LogP contribution in [-0.2, 0) is 4.79 Å². The molecule has 1 saturated heterocycles. The van der Waals surface area contributed by atoms with Gasteiger partial charge in [-0.05, 0) is 67.8 Å². The summed E-state index contributed by atoms with van der Waals surface area (Å²) in [4.78, 5) is 39.5. The zero-order valence-electron chi connectivity index (χ0n) is 23.3. The number of nitrogens with zero attached hydrogens (tertiary/aromatic N) is 5. The Morgan fingerprint density at radius 2 is 1.88 bits per heavy atom. The molecule has 0 atom stereocenters. The van der Waals surface area contributed by atoms with E-state index < -0.39 is 0 Å². The van der Waals surface area contributed by atoms with Gasteiger partial charge in [-0.15, -0.1) is 0 Å². The Morgan fingerprint density at radius 3 is 2.61 bits per heavy atom. The summed E-state index contributed by atoms with van der Waals surface area (Å²) in [5, 5.41) is 6.89. The van der Waals surface area contributed by atoms with Gasteiger partial charge in [0.25, 0.3) is 5.56 Å². The van der Waals surface area contributed by atoms with Crippen molar-refractivity contribution in [3.63, 3.8) is 0 Å². The second kappa shape index (κ2) is 11.1. The largest absolute Gasteiger partial charge is 0.494 e. The molecule has 1 amide bonds. The summed E-state index contributed by atoms with van der Waals surface area (Å²) in [6.07, 6.45) is 5.06. The number of piperazine rings is 1. The lowest BCUT2D eigenvalue weighted by molar-refractivity contribution is -0.111. The molecule has 6 rings (SSSR count). The number of rotatable bonds is 8. The Labute approximate surface area is 238 Å². The number of anilines is 4. The van der Waals surface area contributed by atoms with Crippen LogP contribution in [0, 0.1) is 0 Å². The molecule has 0 radical (unpaired) electrons. The topological polar surface area (TPSA) is 105 Å². The molecule has 2 aliphatic rings. The number of benzene rings is 2. The number of carbonyl (C=O) groups is 1. The zero-order valence-corrected chi connectivity index (χ0v) is 23.3. The van der Waals surface area contributed by atoms with Crippen LogP contribution in [0.3, 0.4) is 0 Å². The highest BCUT2D eigenvalue weighted by Crippen LogP contribution is 2.42. The maximum atomic E-state index is 13.5. The van der Waals surface area contributed by atoms with Crippen molar-refractivity contribution in [3.05, 3.63) is 83.3 Å². The number of hydrogen-bond donors (Lipinski definition) is 2. The Morgan fingerprint density at radius 1 is 1.07 bits per heavy atom. The molecule has 2 fully saturated rings. The fraction of sp³-hybridized carbons (Fsp3) is 0.290. The average molecular weight is 552 g/mol. The van der Waals surface area contributed by atoms with Crippen LogP contribution in [0.15, 0.2) is 72.2 Å². The molecule has 1 aliphatic heterocycles. The van der Waals surface area contributed by atoms with Crippen molar-refractivity contribution in [1.82, 2.24) is 19.4 Å². The molecule has 10 heteroatoms. The first kappa shape index (κ1) is 26.5. The van der Waals surface area contributed by atoms with Crippen LogP contribution >= 0.6 is 0 Å². The first-order chi connectivity index (χ1) is 19.9. The van der Waals surface area contributed by atoms with Gasteiger partial charge in [-0.3, -0.25) is 14.2 Å². The van der Waals surface area contributed by atoms with Gasteiger partial charge in [0.2, 0.25) is 11.9 Å². The molecular weight excluding hydrogens is 518 g/mol. The number of aromatic nitrogens is 3. The highest BCUT2D eigenvalue weighted by Gasteiger charge is 2.28. The number of pyridine rings is 1. The van der Waals surface area contributed by atoms with E-state index in [0.29, 0.717) is 34.6 Å². The number of amides is 1. The van der Waals surface area contributed by atoms with Crippen molar-refractivity contribution < 1.29 is 9.53 Å². The third kappa shape index (κ3) is 5.51. The van der Waals surface area contributed by atoms with E-state index in [2.05, 4.69) is 45.1 Å². The summed E-state index contributed by atoms with van der Waals surface area (Å²) >= 11 is 0. The summed E-state index contributed by atoms with van der Waals surface area (Å²) < 4.78 is 7.29. The predicted octanol–water partition coefficient (Wildman–Crippen LogP) is 4.29. The minimum Gasteiger partial charge on any atom is -0.494 e. The van der Waals surface area contributed by atoms with Crippen molar-refractivity contribution in [3.8, 4) is 11.4 Å². The van der Waals surface area contributed by atoms with Gasteiger partial charge >= 0.3 is 0 Å². The molecule has 41 heavy (non-hydrogen) atoms. The van der Waals surface area contributed by atoms with Crippen molar-refractivity contribution >= 4 is 40.0 Å². The lowest BCUT2D eigenvalue weighted by atomic mass is 10.1. The predicted molar refractivity (Wildman–Crippen MR) is 162 cm³/mol. The lowest BCUT2D eigenvalue weighted by Crippen LogP contribution is -2.44. The monoisotopic (exact) mass is 551 g/mol. The zero-order chi connectivity index (χ0) is 28.5.